The normalized spacial score (nSPS) is 16.4. The van der Waals surface area contributed by atoms with Gasteiger partial charge in [0.15, 0.2) is 5.11 Å². The molecule has 1 aliphatic rings. The maximum Gasteiger partial charge on any atom is 0.252 e. The van der Waals surface area contributed by atoms with Crippen molar-refractivity contribution in [1.82, 2.24) is 9.80 Å². The Kier molecular flexibility index (Phi) is 7.60. The van der Waals surface area contributed by atoms with E-state index in [1.54, 1.807) is 4.90 Å². The van der Waals surface area contributed by atoms with Crippen molar-refractivity contribution < 1.29 is 9.59 Å². The number of hydrogen-bond donors (Lipinski definition) is 1. The topological polar surface area (TPSA) is 52.7 Å². The molecule has 1 saturated heterocycles. The van der Waals surface area contributed by atoms with Gasteiger partial charge in [-0.2, -0.15) is 0 Å². The second-order valence-corrected chi connectivity index (χ2v) is 8.53. The van der Waals surface area contributed by atoms with Gasteiger partial charge in [-0.05, 0) is 84.4 Å². The first-order chi connectivity index (χ1) is 14.0. The van der Waals surface area contributed by atoms with Crippen LogP contribution in [0.5, 0.6) is 0 Å². The number of carbonyl (C=O) groups is 2. The molecule has 2 aromatic carbocycles. The van der Waals surface area contributed by atoms with E-state index < -0.39 is 6.04 Å². The van der Waals surface area contributed by atoms with Crippen LogP contribution in [0.2, 0.25) is 0 Å². The minimum atomic E-state index is -0.540. The first-order valence-corrected chi connectivity index (χ1v) is 11.2. The number of nitrogens with zero attached hydrogens (tertiary/aromatic N) is 2. The van der Waals surface area contributed by atoms with E-state index in [-0.39, 0.29) is 18.2 Å². The van der Waals surface area contributed by atoms with Crippen LogP contribution in [0, 0.1) is 3.57 Å². The Bertz CT molecular complexity index is 873. The lowest BCUT2D eigenvalue weighted by atomic mass is 10.1. The van der Waals surface area contributed by atoms with Gasteiger partial charge in [-0.1, -0.05) is 30.3 Å². The SMILES string of the molecule is CCN1C(=O)C(CC(=O)Nc2ccc(I)cc2)N(CCCc2ccccc2)C1=S. The molecule has 1 heterocycles. The summed E-state index contributed by atoms with van der Waals surface area (Å²) in [5.41, 5.74) is 1.98. The first kappa shape index (κ1) is 21.7. The smallest absolute Gasteiger partial charge is 0.252 e. The van der Waals surface area contributed by atoms with Gasteiger partial charge in [0.2, 0.25) is 5.91 Å². The molecular formula is C22H24IN3O2S. The molecule has 7 heteroatoms. The van der Waals surface area contributed by atoms with Gasteiger partial charge in [0.1, 0.15) is 6.04 Å². The summed E-state index contributed by atoms with van der Waals surface area (Å²) in [6, 6.07) is 17.3. The summed E-state index contributed by atoms with van der Waals surface area (Å²) in [5, 5.41) is 3.41. The number of likely N-dealkylation sites (N-methyl/N-ethyl adjacent to an activating group) is 1. The number of hydrogen-bond acceptors (Lipinski definition) is 3. The highest BCUT2D eigenvalue weighted by Crippen LogP contribution is 2.22. The number of aryl methyl sites for hydroxylation is 1. The molecule has 1 atom stereocenters. The van der Waals surface area contributed by atoms with Crippen LogP contribution in [0.4, 0.5) is 5.69 Å². The minimum absolute atomic E-state index is 0.0880. The van der Waals surface area contributed by atoms with Gasteiger partial charge in [-0.3, -0.25) is 14.5 Å². The second-order valence-electron chi connectivity index (χ2n) is 6.92. The van der Waals surface area contributed by atoms with Crippen LogP contribution in [-0.4, -0.2) is 45.9 Å². The third-order valence-electron chi connectivity index (χ3n) is 4.93. The van der Waals surface area contributed by atoms with Crippen LogP contribution < -0.4 is 5.32 Å². The zero-order valence-corrected chi connectivity index (χ0v) is 19.3. The Labute approximate surface area is 190 Å². The summed E-state index contributed by atoms with van der Waals surface area (Å²) in [5.74, 6) is -0.270. The molecule has 152 valence electrons. The molecule has 0 saturated carbocycles. The maximum absolute atomic E-state index is 12.8. The number of rotatable bonds is 8. The van der Waals surface area contributed by atoms with E-state index in [4.69, 9.17) is 12.2 Å². The Balaban J connectivity index is 1.64. The van der Waals surface area contributed by atoms with E-state index in [9.17, 15) is 9.59 Å². The zero-order chi connectivity index (χ0) is 20.8. The zero-order valence-electron chi connectivity index (χ0n) is 16.3. The lowest BCUT2D eigenvalue weighted by Gasteiger charge is -2.23. The summed E-state index contributed by atoms with van der Waals surface area (Å²) in [6.07, 6.45) is 1.86. The van der Waals surface area contributed by atoms with Crippen LogP contribution in [-0.2, 0) is 16.0 Å². The molecule has 2 aromatic rings. The average Bonchev–Trinajstić information content (AvgIpc) is 2.94. The molecule has 5 nitrogen and oxygen atoms in total. The van der Waals surface area contributed by atoms with Gasteiger partial charge in [-0.15, -0.1) is 0 Å². The number of thiocarbonyl (C=S) groups is 1. The molecule has 0 radical (unpaired) electrons. The van der Waals surface area contributed by atoms with Gasteiger partial charge >= 0.3 is 0 Å². The maximum atomic E-state index is 12.8. The summed E-state index contributed by atoms with van der Waals surface area (Å²) < 4.78 is 1.10. The third-order valence-corrected chi connectivity index (χ3v) is 6.11. The van der Waals surface area contributed by atoms with Crippen molar-refractivity contribution in [1.29, 1.82) is 0 Å². The van der Waals surface area contributed by atoms with Gasteiger partial charge in [0.05, 0.1) is 6.42 Å². The van der Waals surface area contributed by atoms with Gasteiger partial charge in [-0.25, -0.2) is 0 Å². The highest BCUT2D eigenvalue weighted by atomic mass is 127. The van der Waals surface area contributed by atoms with Crippen LogP contribution in [0.15, 0.2) is 54.6 Å². The Hall–Kier alpha value is -2.00. The molecule has 0 aliphatic carbocycles. The molecule has 0 spiro atoms. The monoisotopic (exact) mass is 521 g/mol. The van der Waals surface area contributed by atoms with Crippen LogP contribution in [0.1, 0.15) is 25.3 Å². The summed E-state index contributed by atoms with van der Waals surface area (Å²) in [7, 11) is 0. The lowest BCUT2D eigenvalue weighted by Crippen LogP contribution is -2.38. The van der Waals surface area contributed by atoms with E-state index in [0.717, 1.165) is 22.1 Å². The minimum Gasteiger partial charge on any atom is -0.336 e. The number of carbonyl (C=O) groups excluding carboxylic acids is 2. The molecular weight excluding hydrogens is 497 g/mol. The molecule has 29 heavy (non-hydrogen) atoms. The van der Waals surface area contributed by atoms with E-state index in [1.807, 2.05) is 54.3 Å². The Morgan fingerprint density at radius 1 is 1.14 bits per heavy atom. The number of halogens is 1. The quantitative estimate of drug-likeness (QED) is 0.421. The van der Waals surface area contributed by atoms with E-state index in [0.29, 0.717) is 18.2 Å². The van der Waals surface area contributed by atoms with Crippen molar-refractivity contribution in [2.24, 2.45) is 0 Å². The average molecular weight is 521 g/mol. The standard InChI is InChI=1S/C22H24IN3O2S/c1-2-25-21(28)19(15-20(27)24-18-12-10-17(23)11-13-18)26(22(25)29)14-6-9-16-7-4-3-5-8-16/h3-5,7-8,10-13,19H,2,6,9,14-15H2,1H3,(H,24,27). The number of amides is 2. The van der Waals surface area contributed by atoms with Gasteiger partial charge < -0.3 is 10.2 Å². The Morgan fingerprint density at radius 2 is 1.83 bits per heavy atom. The van der Waals surface area contributed by atoms with Crippen molar-refractivity contribution in [2.45, 2.75) is 32.2 Å². The van der Waals surface area contributed by atoms with Crippen molar-refractivity contribution in [2.75, 3.05) is 18.4 Å². The molecule has 3 rings (SSSR count). The van der Waals surface area contributed by atoms with Crippen molar-refractivity contribution in [3.05, 3.63) is 63.7 Å². The fourth-order valence-corrected chi connectivity index (χ4v) is 4.25. The highest BCUT2D eigenvalue weighted by molar-refractivity contribution is 14.1. The second kappa shape index (κ2) is 10.2. The van der Waals surface area contributed by atoms with E-state index in [2.05, 4.69) is 40.0 Å². The summed E-state index contributed by atoms with van der Waals surface area (Å²) >= 11 is 7.76. The number of anilines is 1. The third kappa shape index (κ3) is 5.54. The molecule has 1 N–H and O–H groups in total. The fraction of sp³-hybridized carbons (Fsp3) is 0.318. The van der Waals surface area contributed by atoms with Crippen molar-refractivity contribution in [3.63, 3.8) is 0 Å². The predicted octanol–water partition coefficient (Wildman–Crippen LogP) is 4.07. The molecule has 1 aliphatic heterocycles. The summed E-state index contributed by atoms with van der Waals surface area (Å²) in [4.78, 5) is 28.9. The summed E-state index contributed by atoms with van der Waals surface area (Å²) in [6.45, 7) is 3.07. The van der Waals surface area contributed by atoms with Crippen LogP contribution in [0.3, 0.4) is 0 Å². The first-order valence-electron chi connectivity index (χ1n) is 9.71. The predicted molar refractivity (Wildman–Crippen MR) is 128 cm³/mol. The van der Waals surface area contributed by atoms with Crippen molar-refractivity contribution >= 4 is 57.4 Å². The van der Waals surface area contributed by atoms with Crippen molar-refractivity contribution in [3.8, 4) is 0 Å². The molecule has 0 aromatic heterocycles. The van der Waals surface area contributed by atoms with Gasteiger partial charge in [0, 0.05) is 22.3 Å². The van der Waals surface area contributed by atoms with Gasteiger partial charge in [0.25, 0.3) is 5.91 Å². The molecule has 2 amide bonds. The molecule has 0 bridgehead atoms. The molecule has 1 unspecified atom stereocenters. The van der Waals surface area contributed by atoms with Crippen LogP contribution in [0.25, 0.3) is 0 Å². The van der Waals surface area contributed by atoms with E-state index >= 15 is 0 Å². The number of nitrogens with one attached hydrogen (secondary N) is 1. The van der Waals surface area contributed by atoms with E-state index in [1.165, 1.54) is 5.56 Å². The van der Waals surface area contributed by atoms with Crippen LogP contribution >= 0.6 is 34.8 Å². The molecule has 1 fully saturated rings. The number of benzene rings is 2. The fourth-order valence-electron chi connectivity index (χ4n) is 3.45. The lowest BCUT2D eigenvalue weighted by molar-refractivity contribution is -0.130. The largest absolute Gasteiger partial charge is 0.336 e. The Morgan fingerprint density at radius 3 is 2.48 bits per heavy atom. The highest BCUT2D eigenvalue weighted by Gasteiger charge is 2.42.